The molecule has 0 radical (unpaired) electrons. The maximum atomic E-state index is 14.0. The summed E-state index contributed by atoms with van der Waals surface area (Å²) in [5.74, 6) is -6.64. The lowest BCUT2D eigenvalue weighted by Crippen LogP contribution is -2.46. The Morgan fingerprint density at radius 2 is 1.84 bits per heavy atom. The van der Waals surface area contributed by atoms with Crippen LogP contribution in [0.5, 0.6) is 5.75 Å². The number of amides is 1. The van der Waals surface area contributed by atoms with Gasteiger partial charge in [-0.3, -0.25) is 9.48 Å². The largest absolute Gasteiger partial charge is 0.484 e. The van der Waals surface area contributed by atoms with Gasteiger partial charge in [0.2, 0.25) is 0 Å². The highest BCUT2D eigenvalue weighted by Crippen LogP contribution is 2.30. The van der Waals surface area contributed by atoms with Gasteiger partial charge in [0, 0.05) is 31.0 Å². The monoisotopic (exact) mass is 519 g/mol. The average molecular weight is 519 g/mol. The van der Waals surface area contributed by atoms with Crippen molar-refractivity contribution in [1.29, 1.82) is 0 Å². The van der Waals surface area contributed by atoms with E-state index in [2.05, 4.69) is 15.5 Å². The number of carbonyl (C=O) groups excluding carboxylic acids is 1. The molecular weight excluding hydrogens is 494 g/mol. The second-order valence-corrected chi connectivity index (χ2v) is 8.62. The molecule has 4 aromatic rings. The second-order valence-electron chi connectivity index (χ2n) is 8.62. The van der Waals surface area contributed by atoms with E-state index >= 15 is 0 Å². The predicted molar refractivity (Wildman–Crippen MR) is 127 cm³/mol. The second kappa shape index (κ2) is 10.6. The number of hydrogen-bond acceptors (Lipinski definition) is 5. The number of hydrogen-bond donors (Lipinski definition) is 1. The highest BCUT2D eigenvalue weighted by molar-refractivity contribution is 5.83. The molecule has 12 heteroatoms. The molecule has 2 atom stereocenters. The predicted octanol–water partition coefficient (Wildman–Crippen LogP) is 4.43. The summed E-state index contributed by atoms with van der Waals surface area (Å²) in [6.45, 7) is 2.95. The van der Waals surface area contributed by atoms with E-state index in [1.165, 1.54) is 6.92 Å². The van der Waals surface area contributed by atoms with Crippen LogP contribution in [0.3, 0.4) is 0 Å². The van der Waals surface area contributed by atoms with Crippen LogP contribution in [0.25, 0.3) is 16.6 Å². The first kappa shape index (κ1) is 26.1. The summed E-state index contributed by atoms with van der Waals surface area (Å²) in [5.41, 5.74) is 1.49. The third-order valence-electron chi connectivity index (χ3n) is 5.62. The quantitative estimate of drug-likeness (QED) is 0.314. The minimum absolute atomic E-state index is 0.0315. The number of ether oxygens (including phenoxy) is 2. The van der Waals surface area contributed by atoms with Gasteiger partial charge in [0.25, 0.3) is 5.91 Å². The molecule has 1 N–H and O–H groups in total. The van der Waals surface area contributed by atoms with Gasteiger partial charge in [0.15, 0.2) is 0 Å². The highest BCUT2D eigenvalue weighted by Gasteiger charge is 2.35. The number of rotatable bonds is 10. The first-order chi connectivity index (χ1) is 17.5. The summed E-state index contributed by atoms with van der Waals surface area (Å²) < 4.78 is 69.3. The number of alkyl halides is 2. The first-order valence-corrected chi connectivity index (χ1v) is 11.4. The third-order valence-corrected chi connectivity index (χ3v) is 5.62. The number of benzene rings is 2. The summed E-state index contributed by atoms with van der Waals surface area (Å²) >= 11 is 0. The number of carbonyl (C=O) groups is 1. The van der Waals surface area contributed by atoms with Crippen LogP contribution < -0.4 is 10.1 Å². The Kier molecular flexibility index (Phi) is 7.48. The van der Waals surface area contributed by atoms with E-state index in [1.807, 2.05) is 6.20 Å². The summed E-state index contributed by atoms with van der Waals surface area (Å²) in [6.07, 6.45) is 3.91. The fraction of sp³-hybridized carbons (Fsp3) is 0.320. The fourth-order valence-electron chi connectivity index (χ4n) is 3.81. The maximum absolute atomic E-state index is 14.0. The number of halogens is 4. The lowest BCUT2D eigenvalue weighted by Gasteiger charge is -2.27. The molecule has 0 aliphatic heterocycles. The van der Waals surface area contributed by atoms with Crippen LogP contribution in [0.15, 0.2) is 55.0 Å². The smallest absolute Gasteiger partial charge is 0.321 e. The third kappa shape index (κ3) is 6.08. The van der Waals surface area contributed by atoms with Crippen molar-refractivity contribution in [3.63, 3.8) is 0 Å². The number of nitrogens with one attached hydrogen (secondary N) is 1. The van der Waals surface area contributed by atoms with E-state index in [0.717, 1.165) is 23.3 Å². The van der Waals surface area contributed by atoms with Crippen LogP contribution in [0.2, 0.25) is 0 Å². The summed E-state index contributed by atoms with van der Waals surface area (Å²) in [5, 5.41) is 11.5. The number of aromatic nitrogens is 4. The summed E-state index contributed by atoms with van der Waals surface area (Å²) in [4.78, 5) is 11.9. The fourth-order valence-corrected chi connectivity index (χ4v) is 3.81. The molecule has 0 bridgehead atoms. The molecule has 0 aliphatic rings. The van der Waals surface area contributed by atoms with Crippen molar-refractivity contribution in [2.24, 2.45) is 0 Å². The SMILES string of the molecule is COCCn1cc(-n2ncc3cc(O[C@H](c4cc(F)cc(F)c4)[C@H](C)NC(=O)C(C)(F)F)ccc32)cn1. The molecule has 0 spiro atoms. The van der Waals surface area contributed by atoms with E-state index in [1.54, 1.807) is 47.1 Å². The Morgan fingerprint density at radius 3 is 2.51 bits per heavy atom. The Bertz CT molecular complexity index is 1380. The van der Waals surface area contributed by atoms with Gasteiger partial charge in [-0.25, -0.2) is 13.5 Å². The zero-order valence-corrected chi connectivity index (χ0v) is 20.3. The molecule has 0 saturated heterocycles. The van der Waals surface area contributed by atoms with Gasteiger partial charge in [-0.15, -0.1) is 0 Å². The van der Waals surface area contributed by atoms with Gasteiger partial charge in [-0.1, -0.05) is 0 Å². The molecule has 0 aliphatic carbocycles. The van der Waals surface area contributed by atoms with E-state index in [9.17, 15) is 22.4 Å². The van der Waals surface area contributed by atoms with Crippen LogP contribution in [-0.4, -0.2) is 51.1 Å². The standard InChI is InChI=1S/C25H25F4N5O3/c1-15(32-24(35)25(2,28)29)23(16-8-18(26)11-19(27)9-16)37-21-4-5-22-17(10-21)12-31-34(22)20-13-30-33(14-20)6-7-36-3/h4-5,8-15,23H,6-7H2,1-3H3,(H,32,35)/t15-,23-/m0/s1. The lowest BCUT2D eigenvalue weighted by atomic mass is 10.0. The Balaban J connectivity index is 1.62. The van der Waals surface area contributed by atoms with E-state index < -0.39 is 35.6 Å². The molecule has 37 heavy (non-hydrogen) atoms. The number of fused-ring (bicyclic) bond motifs is 1. The minimum atomic E-state index is -3.64. The van der Waals surface area contributed by atoms with Crippen LogP contribution in [-0.2, 0) is 16.1 Å². The van der Waals surface area contributed by atoms with Crippen molar-refractivity contribution in [3.05, 3.63) is 72.2 Å². The van der Waals surface area contributed by atoms with Gasteiger partial charge >= 0.3 is 5.92 Å². The summed E-state index contributed by atoms with van der Waals surface area (Å²) in [7, 11) is 1.61. The molecule has 4 rings (SSSR count). The molecule has 196 valence electrons. The minimum Gasteiger partial charge on any atom is -0.484 e. The van der Waals surface area contributed by atoms with Gasteiger partial charge in [-0.2, -0.15) is 19.0 Å². The lowest BCUT2D eigenvalue weighted by molar-refractivity contribution is -0.144. The molecular formula is C25H25F4N5O3. The van der Waals surface area contributed by atoms with Crippen molar-refractivity contribution < 1.29 is 31.8 Å². The average Bonchev–Trinajstić information content (AvgIpc) is 3.46. The molecule has 0 saturated carbocycles. The van der Waals surface area contributed by atoms with E-state index in [0.29, 0.717) is 31.5 Å². The van der Waals surface area contributed by atoms with Gasteiger partial charge < -0.3 is 14.8 Å². The molecule has 2 aromatic heterocycles. The Morgan fingerprint density at radius 1 is 1.11 bits per heavy atom. The molecule has 8 nitrogen and oxygen atoms in total. The molecule has 0 fully saturated rings. The van der Waals surface area contributed by atoms with Crippen LogP contribution in [0.4, 0.5) is 17.6 Å². The van der Waals surface area contributed by atoms with Crippen molar-refractivity contribution in [2.75, 3.05) is 13.7 Å². The van der Waals surface area contributed by atoms with Crippen molar-refractivity contribution >= 4 is 16.8 Å². The molecule has 1 amide bonds. The molecule has 2 heterocycles. The topological polar surface area (TPSA) is 83.2 Å². The number of methoxy groups -OCH3 is 1. The van der Waals surface area contributed by atoms with Crippen LogP contribution in [0.1, 0.15) is 25.5 Å². The van der Waals surface area contributed by atoms with E-state index in [4.69, 9.17) is 9.47 Å². The molecule has 2 aromatic carbocycles. The van der Waals surface area contributed by atoms with E-state index in [-0.39, 0.29) is 11.3 Å². The normalized spacial score (nSPS) is 13.5. The first-order valence-electron chi connectivity index (χ1n) is 11.4. The van der Waals surface area contributed by atoms with Crippen molar-refractivity contribution in [1.82, 2.24) is 24.9 Å². The maximum Gasteiger partial charge on any atom is 0.321 e. The Labute approximate surface area is 209 Å². The zero-order valence-electron chi connectivity index (χ0n) is 20.3. The van der Waals surface area contributed by atoms with Crippen molar-refractivity contribution in [3.8, 4) is 11.4 Å². The highest BCUT2D eigenvalue weighted by atomic mass is 19.3. The van der Waals surface area contributed by atoms with Crippen molar-refractivity contribution in [2.45, 2.75) is 38.5 Å². The van der Waals surface area contributed by atoms with Gasteiger partial charge in [-0.05, 0) is 37.3 Å². The van der Waals surface area contributed by atoms with Crippen LogP contribution in [0, 0.1) is 11.6 Å². The zero-order chi connectivity index (χ0) is 26.7. The Hall–Kier alpha value is -3.93. The van der Waals surface area contributed by atoms with Gasteiger partial charge in [0.1, 0.15) is 29.2 Å². The van der Waals surface area contributed by atoms with Gasteiger partial charge in [0.05, 0.1) is 43.3 Å². The molecule has 0 unspecified atom stereocenters. The number of nitrogens with zero attached hydrogens (tertiary/aromatic N) is 4. The van der Waals surface area contributed by atoms with Crippen LogP contribution >= 0.6 is 0 Å². The summed E-state index contributed by atoms with van der Waals surface area (Å²) in [6, 6.07) is 6.67.